The van der Waals surface area contributed by atoms with Crippen molar-refractivity contribution < 1.29 is 34.3 Å². The topological polar surface area (TPSA) is 105 Å². The zero-order valence-corrected chi connectivity index (χ0v) is 12.9. The van der Waals surface area contributed by atoms with E-state index in [0.717, 1.165) is 0 Å². The first kappa shape index (κ1) is 17.3. The standard InChI is InChI=1S/C16H20O7/c1-9(18)14-15(23-16(20)22-14)12(19)7-6-10-4-3-5-13(21-2)11(10)8-17/h3-7,9,12,14-15,17-19H,8H2,1-2H3/b7-6+/t9-,12-,14-,15+/m1/s1. The summed E-state index contributed by atoms with van der Waals surface area (Å²) in [7, 11) is 1.50. The van der Waals surface area contributed by atoms with Gasteiger partial charge < -0.3 is 29.5 Å². The second-order valence-corrected chi connectivity index (χ2v) is 5.19. The highest BCUT2D eigenvalue weighted by Crippen LogP contribution is 2.25. The molecule has 4 atom stereocenters. The lowest BCUT2D eigenvalue weighted by Crippen LogP contribution is -2.40. The fourth-order valence-corrected chi connectivity index (χ4v) is 2.43. The van der Waals surface area contributed by atoms with Gasteiger partial charge in [0, 0.05) is 5.56 Å². The third-order valence-electron chi connectivity index (χ3n) is 3.62. The lowest BCUT2D eigenvalue weighted by atomic mass is 10.0. The summed E-state index contributed by atoms with van der Waals surface area (Å²) < 4.78 is 14.9. The molecular formula is C16H20O7. The third kappa shape index (κ3) is 3.82. The number of carbonyl (C=O) groups is 1. The van der Waals surface area contributed by atoms with Gasteiger partial charge in [-0.1, -0.05) is 24.3 Å². The number of ether oxygens (including phenoxy) is 3. The average molecular weight is 324 g/mol. The van der Waals surface area contributed by atoms with Crippen molar-refractivity contribution in [2.75, 3.05) is 7.11 Å². The number of carbonyl (C=O) groups excluding carboxylic acids is 1. The van der Waals surface area contributed by atoms with Gasteiger partial charge in [0.15, 0.2) is 12.2 Å². The average Bonchev–Trinajstić information content (AvgIpc) is 2.94. The van der Waals surface area contributed by atoms with E-state index in [1.807, 2.05) is 0 Å². The smallest absolute Gasteiger partial charge is 0.496 e. The maximum Gasteiger partial charge on any atom is 0.509 e. The highest BCUT2D eigenvalue weighted by molar-refractivity contribution is 5.63. The Labute approximate surface area is 133 Å². The molecule has 2 rings (SSSR count). The third-order valence-corrected chi connectivity index (χ3v) is 3.62. The van der Waals surface area contributed by atoms with Crippen LogP contribution in [0.2, 0.25) is 0 Å². The summed E-state index contributed by atoms with van der Waals surface area (Å²) in [4.78, 5) is 11.2. The predicted octanol–water partition coefficient (Wildman–Crippen LogP) is 0.846. The summed E-state index contributed by atoms with van der Waals surface area (Å²) in [6, 6.07) is 5.22. The molecule has 0 amide bonds. The van der Waals surface area contributed by atoms with Crippen molar-refractivity contribution in [3.63, 3.8) is 0 Å². The predicted molar refractivity (Wildman–Crippen MR) is 80.8 cm³/mol. The molecule has 1 aromatic rings. The number of rotatable bonds is 6. The van der Waals surface area contributed by atoms with E-state index in [2.05, 4.69) is 0 Å². The van der Waals surface area contributed by atoms with E-state index >= 15 is 0 Å². The summed E-state index contributed by atoms with van der Waals surface area (Å²) in [6.07, 6.45) is -2.00. The molecule has 0 saturated carbocycles. The molecule has 1 saturated heterocycles. The van der Waals surface area contributed by atoms with E-state index in [1.54, 1.807) is 24.3 Å². The molecule has 126 valence electrons. The Bertz CT molecular complexity index is 582. The van der Waals surface area contributed by atoms with Crippen LogP contribution in [0, 0.1) is 0 Å². The van der Waals surface area contributed by atoms with Crippen LogP contribution in [0.3, 0.4) is 0 Å². The van der Waals surface area contributed by atoms with E-state index < -0.39 is 30.6 Å². The SMILES string of the molecule is COc1cccc(/C=C/[C@@H](O)[C@@H]2OC(=O)O[C@@H]2[C@@H](C)O)c1CO. The lowest BCUT2D eigenvalue weighted by molar-refractivity contribution is -0.0123. The monoisotopic (exact) mass is 324 g/mol. The molecule has 7 nitrogen and oxygen atoms in total. The zero-order valence-electron chi connectivity index (χ0n) is 12.9. The van der Waals surface area contributed by atoms with Gasteiger partial charge in [-0.15, -0.1) is 0 Å². The first-order valence-corrected chi connectivity index (χ1v) is 7.16. The molecule has 1 fully saturated rings. The Kier molecular flexibility index (Phi) is 5.59. The Balaban J connectivity index is 2.18. The largest absolute Gasteiger partial charge is 0.509 e. The normalized spacial score (nSPS) is 23.4. The number of benzene rings is 1. The fourth-order valence-electron chi connectivity index (χ4n) is 2.43. The van der Waals surface area contributed by atoms with Crippen LogP contribution in [-0.4, -0.2) is 53.0 Å². The summed E-state index contributed by atoms with van der Waals surface area (Å²) in [5.74, 6) is 0.529. The van der Waals surface area contributed by atoms with Gasteiger partial charge in [0.25, 0.3) is 0 Å². The van der Waals surface area contributed by atoms with Gasteiger partial charge >= 0.3 is 6.16 Å². The summed E-state index contributed by atoms with van der Waals surface area (Å²) >= 11 is 0. The van der Waals surface area contributed by atoms with Gasteiger partial charge in [0.05, 0.1) is 19.8 Å². The summed E-state index contributed by atoms with van der Waals surface area (Å²) in [5, 5.41) is 29.2. The van der Waals surface area contributed by atoms with Gasteiger partial charge in [-0.2, -0.15) is 0 Å². The first-order chi connectivity index (χ1) is 11.0. The van der Waals surface area contributed by atoms with E-state index in [9.17, 15) is 20.1 Å². The van der Waals surface area contributed by atoms with Gasteiger partial charge in [-0.25, -0.2) is 4.79 Å². The Morgan fingerprint density at radius 3 is 2.61 bits per heavy atom. The number of methoxy groups -OCH3 is 1. The van der Waals surface area contributed by atoms with Gasteiger partial charge in [-0.05, 0) is 18.6 Å². The van der Waals surface area contributed by atoms with Crippen LogP contribution in [0.5, 0.6) is 5.75 Å². The molecule has 1 aliphatic heterocycles. The molecule has 0 unspecified atom stereocenters. The molecule has 1 aromatic carbocycles. The number of hydrogen-bond acceptors (Lipinski definition) is 7. The van der Waals surface area contributed by atoms with Gasteiger partial charge in [-0.3, -0.25) is 0 Å². The summed E-state index contributed by atoms with van der Waals surface area (Å²) in [6.45, 7) is 1.22. The van der Waals surface area contributed by atoms with E-state index in [1.165, 1.54) is 20.1 Å². The van der Waals surface area contributed by atoms with E-state index in [4.69, 9.17) is 14.2 Å². The molecule has 1 aliphatic rings. The van der Waals surface area contributed by atoms with Gasteiger partial charge in [0.2, 0.25) is 0 Å². The van der Waals surface area contributed by atoms with E-state index in [-0.39, 0.29) is 6.61 Å². The number of aliphatic hydroxyl groups is 3. The number of aliphatic hydroxyl groups excluding tert-OH is 3. The Morgan fingerprint density at radius 2 is 2.00 bits per heavy atom. The second-order valence-electron chi connectivity index (χ2n) is 5.19. The molecule has 0 spiro atoms. The van der Waals surface area contributed by atoms with Gasteiger partial charge in [0.1, 0.15) is 11.9 Å². The maximum atomic E-state index is 11.2. The van der Waals surface area contributed by atoms with Crippen molar-refractivity contribution in [3.05, 3.63) is 35.4 Å². The Hall–Kier alpha value is -2.09. The molecule has 0 aliphatic carbocycles. The minimum absolute atomic E-state index is 0.225. The number of cyclic esters (lactones) is 2. The zero-order chi connectivity index (χ0) is 17.0. The van der Waals surface area contributed by atoms with Crippen LogP contribution in [0.15, 0.2) is 24.3 Å². The molecule has 0 aromatic heterocycles. The van der Waals surface area contributed by atoms with Crippen molar-refractivity contribution in [2.45, 2.75) is 37.9 Å². The Morgan fingerprint density at radius 1 is 1.30 bits per heavy atom. The summed E-state index contributed by atoms with van der Waals surface area (Å²) in [5.41, 5.74) is 1.23. The second kappa shape index (κ2) is 7.45. The van der Waals surface area contributed by atoms with Crippen molar-refractivity contribution in [1.29, 1.82) is 0 Å². The van der Waals surface area contributed by atoms with Crippen LogP contribution in [0.4, 0.5) is 4.79 Å². The first-order valence-electron chi connectivity index (χ1n) is 7.16. The van der Waals surface area contributed by atoms with E-state index in [0.29, 0.717) is 16.9 Å². The van der Waals surface area contributed by atoms with Crippen LogP contribution < -0.4 is 4.74 Å². The lowest BCUT2D eigenvalue weighted by Gasteiger charge is -2.20. The number of hydrogen-bond donors (Lipinski definition) is 3. The molecule has 0 radical (unpaired) electrons. The molecule has 3 N–H and O–H groups in total. The quantitative estimate of drug-likeness (QED) is 0.666. The highest BCUT2D eigenvalue weighted by atomic mass is 16.8. The molecule has 23 heavy (non-hydrogen) atoms. The molecule has 1 heterocycles. The fraction of sp³-hybridized carbons (Fsp3) is 0.438. The van der Waals surface area contributed by atoms with Crippen molar-refractivity contribution in [2.24, 2.45) is 0 Å². The van der Waals surface area contributed by atoms with Crippen molar-refractivity contribution in [1.82, 2.24) is 0 Å². The van der Waals surface area contributed by atoms with Crippen molar-refractivity contribution in [3.8, 4) is 5.75 Å². The highest BCUT2D eigenvalue weighted by Gasteiger charge is 2.43. The maximum absolute atomic E-state index is 11.2. The van der Waals surface area contributed by atoms with Crippen LogP contribution in [0.1, 0.15) is 18.1 Å². The van der Waals surface area contributed by atoms with Crippen LogP contribution >= 0.6 is 0 Å². The van der Waals surface area contributed by atoms with Crippen molar-refractivity contribution >= 4 is 12.2 Å². The molecular weight excluding hydrogens is 304 g/mol. The van der Waals surface area contributed by atoms with Crippen LogP contribution in [-0.2, 0) is 16.1 Å². The molecule has 0 bridgehead atoms. The minimum Gasteiger partial charge on any atom is -0.496 e. The van der Waals surface area contributed by atoms with Crippen LogP contribution in [0.25, 0.3) is 6.08 Å². The molecule has 7 heteroatoms. The minimum atomic E-state index is -1.17.